The number of nitrogens with zero attached hydrogens (tertiary/aromatic N) is 3. The van der Waals surface area contributed by atoms with Crippen LogP contribution in [0.4, 0.5) is 13.2 Å². The number of hydrogen-bond donors (Lipinski definition) is 1. The third kappa shape index (κ3) is 3.25. The van der Waals surface area contributed by atoms with Crippen molar-refractivity contribution < 1.29 is 18.0 Å². The molecule has 2 N–H and O–H groups in total. The molecule has 2 atom stereocenters. The van der Waals surface area contributed by atoms with Crippen molar-refractivity contribution in [3.05, 3.63) is 18.7 Å². The first-order valence-electron chi connectivity index (χ1n) is 5.92. The molecule has 1 aliphatic heterocycles. The summed E-state index contributed by atoms with van der Waals surface area (Å²) in [4.78, 5) is 16.6. The lowest BCUT2D eigenvalue weighted by atomic mass is 9.95. The molecule has 2 heterocycles. The summed E-state index contributed by atoms with van der Waals surface area (Å²) >= 11 is 0. The Hall–Kier alpha value is -1.57. The fraction of sp³-hybridized carbons (Fsp3) is 0.636. The lowest BCUT2D eigenvalue weighted by Crippen LogP contribution is -2.37. The Kier molecular flexibility index (Phi) is 3.79. The highest BCUT2D eigenvalue weighted by Crippen LogP contribution is 2.37. The molecule has 1 aliphatic rings. The first-order valence-corrected chi connectivity index (χ1v) is 5.92. The number of imidazole rings is 1. The van der Waals surface area contributed by atoms with Gasteiger partial charge in [0.1, 0.15) is 0 Å². The van der Waals surface area contributed by atoms with Crippen molar-refractivity contribution in [3.8, 4) is 0 Å². The SMILES string of the molecule is NC(=O)[C@@H]1CN(CCn2ccnc2)C[C@H]1C(F)(F)F. The molecule has 0 aliphatic carbocycles. The molecule has 0 aromatic carbocycles. The van der Waals surface area contributed by atoms with Gasteiger partial charge in [-0.2, -0.15) is 13.2 Å². The number of carbonyl (C=O) groups excluding carboxylic acids is 1. The quantitative estimate of drug-likeness (QED) is 0.870. The average molecular weight is 276 g/mol. The Balaban J connectivity index is 1.96. The molecule has 1 saturated heterocycles. The zero-order valence-electron chi connectivity index (χ0n) is 10.2. The van der Waals surface area contributed by atoms with E-state index in [4.69, 9.17) is 5.73 Å². The molecule has 1 fully saturated rings. The second-order valence-corrected chi connectivity index (χ2v) is 4.72. The topological polar surface area (TPSA) is 64.2 Å². The van der Waals surface area contributed by atoms with Crippen LogP contribution in [0.15, 0.2) is 18.7 Å². The lowest BCUT2D eigenvalue weighted by molar-refractivity contribution is -0.182. The number of likely N-dealkylation sites (tertiary alicyclic amines) is 1. The summed E-state index contributed by atoms with van der Waals surface area (Å²) < 4.78 is 40.2. The van der Waals surface area contributed by atoms with E-state index in [9.17, 15) is 18.0 Å². The molecule has 1 aromatic heterocycles. The summed E-state index contributed by atoms with van der Waals surface area (Å²) in [5, 5.41) is 0. The summed E-state index contributed by atoms with van der Waals surface area (Å²) in [6.45, 7) is 0.864. The van der Waals surface area contributed by atoms with Crippen LogP contribution in [-0.4, -0.2) is 46.2 Å². The van der Waals surface area contributed by atoms with Crippen LogP contribution >= 0.6 is 0 Å². The maximum absolute atomic E-state index is 12.8. The smallest absolute Gasteiger partial charge is 0.369 e. The van der Waals surface area contributed by atoms with E-state index in [-0.39, 0.29) is 13.1 Å². The molecule has 0 bridgehead atoms. The summed E-state index contributed by atoms with van der Waals surface area (Å²) in [7, 11) is 0. The van der Waals surface area contributed by atoms with Gasteiger partial charge in [0.05, 0.1) is 18.2 Å². The molecule has 0 spiro atoms. The molecule has 1 aromatic rings. The first-order chi connectivity index (χ1) is 8.88. The van der Waals surface area contributed by atoms with Gasteiger partial charge in [0.2, 0.25) is 5.91 Å². The van der Waals surface area contributed by atoms with Crippen molar-refractivity contribution in [3.63, 3.8) is 0 Å². The fourth-order valence-electron chi connectivity index (χ4n) is 2.36. The van der Waals surface area contributed by atoms with Gasteiger partial charge in [0.15, 0.2) is 0 Å². The van der Waals surface area contributed by atoms with Gasteiger partial charge in [0.25, 0.3) is 0 Å². The molecule has 19 heavy (non-hydrogen) atoms. The number of halogens is 3. The maximum Gasteiger partial charge on any atom is 0.393 e. The summed E-state index contributed by atoms with van der Waals surface area (Å²) in [6.07, 6.45) is 0.559. The van der Waals surface area contributed by atoms with E-state index in [1.165, 1.54) is 0 Å². The second-order valence-electron chi connectivity index (χ2n) is 4.72. The first kappa shape index (κ1) is 13.9. The zero-order valence-corrected chi connectivity index (χ0v) is 10.2. The van der Waals surface area contributed by atoms with Crippen LogP contribution in [0.25, 0.3) is 0 Å². The van der Waals surface area contributed by atoms with Crippen molar-refractivity contribution >= 4 is 5.91 Å². The number of hydrogen-bond acceptors (Lipinski definition) is 3. The van der Waals surface area contributed by atoms with E-state index in [1.807, 2.05) is 0 Å². The zero-order chi connectivity index (χ0) is 14.0. The highest BCUT2D eigenvalue weighted by Gasteiger charge is 2.51. The predicted molar refractivity (Wildman–Crippen MR) is 60.9 cm³/mol. The highest BCUT2D eigenvalue weighted by atomic mass is 19.4. The van der Waals surface area contributed by atoms with E-state index in [1.54, 1.807) is 28.2 Å². The monoisotopic (exact) mass is 276 g/mol. The fourth-order valence-corrected chi connectivity index (χ4v) is 2.36. The lowest BCUT2D eigenvalue weighted by Gasteiger charge is -2.18. The molecule has 0 saturated carbocycles. The van der Waals surface area contributed by atoms with E-state index in [2.05, 4.69) is 4.98 Å². The van der Waals surface area contributed by atoms with Crippen LogP contribution in [0.2, 0.25) is 0 Å². The number of nitrogens with two attached hydrogens (primary N) is 1. The molecule has 8 heteroatoms. The molecule has 2 rings (SSSR count). The van der Waals surface area contributed by atoms with Gasteiger partial charge >= 0.3 is 6.18 Å². The minimum absolute atomic E-state index is 0.0637. The number of primary amides is 1. The van der Waals surface area contributed by atoms with Crippen LogP contribution < -0.4 is 5.73 Å². The largest absolute Gasteiger partial charge is 0.393 e. The van der Waals surface area contributed by atoms with Gasteiger partial charge in [-0.05, 0) is 0 Å². The van der Waals surface area contributed by atoms with E-state index >= 15 is 0 Å². The molecule has 0 radical (unpaired) electrons. The molecule has 0 unspecified atom stereocenters. The minimum Gasteiger partial charge on any atom is -0.369 e. The predicted octanol–water partition coefficient (Wildman–Crippen LogP) is 0.479. The Labute approximate surface area is 108 Å². The molecular formula is C11H15F3N4O. The standard InChI is InChI=1S/C11H15F3N4O/c12-11(13,14)9-6-18(5-8(9)10(15)19)4-3-17-2-1-16-7-17/h1-2,7-9H,3-6H2,(H2,15,19)/t8-,9-/m1/s1. The van der Waals surface area contributed by atoms with E-state index in [0.29, 0.717) is 13.1 Å². The van der Waals surface area contributed by atoms with Gasteiger partial charge in [-0.1, -0.05) is 0 Å². The number of carbonyl (C=O) groups is 1. The Morgan fingerprint density at radius 1 is 1.37 bits per heavy atom. The van der Waals surface area contributed by atoms with Gasteiger partial charge in [-0.3, -0.25) is 4.79 Å². The van der Waals surface area contributed by atoms with Gasteiger partial charge in [-0.15, -0.1) is 0 Å². The van der Waals surface area contributed by atoms with E-state index in [0.717, 1.165) is 0 Å². The number of alkyl halides is 3. The van der Waals surface area contributed by atoms with Crippen molar-refractivity contribution in [1.82, 2.24) is 14.5 Å². The Morgan fingerprint density at radius 2 is 2.11 bits per heavy atom. The van der Waals surface area contributed by atoms with Crippen molar-refractivity contribution in [2.75, 3.05) is 19.6 Å². The summed E-state index contributed by atoms with van der Waals surface area (Å²) in [5.74, 6) is -3.69. The molecular weight excluding hydrogens is 261 g/mol. The Morgan fingerprint density at radius 3 is 2.58 bits per heavy atom. The van der Waals surface area contributed by atoms with Crippen LogP contribution in [-0.2, 0) is 11.3 Å². The van der Waals surface area contributed by atoms with Crippen LogP contribution in [0.5, 0.6) is 0 Å². The summed E-state index contributed by atoms with van der Waals surface area (Å²) in [5.41, 5.74) is 5.06. The minimum atomic E-state index is -4.39. The summed E-state index contributed by atoms with van der Waals surface area (Å²) in [6, 6.07) is 0. The van der Waals surface area contributed by atoms with Crippen LogP contribution in [0.1, 0.15) is 0 Å². The molecule has 1 amide bonds. The van der Waals surface area contributed by atoms with Gasteiger partial charge in [-0.25, -0.2) is 4.98 Å². The van der Waals surface area contributed by atoms with Gasteiger partial charge in [0, 0.05) is 38.6 Å². The van der Waals surface area contributed by atoms with Crippen molar-refractivity contribution in [2.45, 2.75) is 12.7 Å². The third-order valence-electron chi connectivity index (χ3n) is 3.41. The van der Waals surface area contributed by atoms with Gasteiger partial charge < -0.3 is 15.2 Å². The number of rotatable bonds is 4. The van der Waals surface area contributed by atoms with Crippen molar-refractivity contribution in [1.29, 1.82) is 0 Å². The number of aromatic nitrogens is 2. The van der Waals surface area contributed by atoms with Crippen molar-refractivity contribution in [2.24, 2.45) is 17.6 Å². The molecule has 5 nitrogen and oxygen atoms in total. The normalized spacial score (nSPS) is 24.8. The Bertz CT molecular complexity index is 432. The molecule has 106 valence electrons. The maximum atomic E-state index is 12.8. The van der Waals surface area contributed by atoms with Crippen LogP contribution in [0, 0.1) is 11.8 Å². The average Bonchev–Trinajstić information content (AvgIpc) is 2.94. The second kappa shape index (κ2) is 5.20. The third-order valence-corrected chi connectivity index (χ3v) is 3.41. The number of amides is 1. The van der Waals surface area contributed by atoms with Crippen LogP contribution in [0.3, 0.4) is 0 Å². The highest BCUT2D eigenvalue weighted by molar-refractivity contribution is 5.77. The van der Waals surface area contributed by atoms with E-state index < -0.39 is 23.9 Å².